The molecular formula is C26H19BrMgN4O4. The Hall–Kier alpha value is -3.44. The topological polar surface area (TPSA) is 121 Å². The molecule has 0 saturated heterocycles. The minimum Gasteiger partial charge on any atom is -1.00 e. The fourth-order valence-electron chi connectivity index (χ4n) is 3.49. The second kappa shape index (κ2) is 13.0. The summed E-state index contributed by atoms with van der Waals surface area (Å²) in [5, 5.41) is 15.4. The number of hydrogen-bond donors (Lipinski definition) is 3. The van der Waals surface area contributed by atoms with Gasteiger partial charge in [0.1, 0.15) is 0 Å². The van der Waals surface area contributed by atoms with Crippen molar-refractivity contribution in [3.8, 4) is 0 Å². The number of pyridine rings is 2. The van der Waals surface area contributed by atoms with Gasteiger partial charge in [0.15, 0.2) is 5.72 Å². The van der Waals surface area contributed by atoms with Crippen molar-refractivity contribution in [1.82, 2.24) is 20.6 Å². The summed E-state index contributed by atoms with van der Waals surface area (Å²) in [5.74, 6) is -0.872. The molecule has 0 fully saturated rings. The molecule has 4 aromatic rings. The average Bonchev–Trinajstić information content (AvgIpc) is 3.34. The molecule has 0 aliphatic carbocycles. The number of carbonyl (C=O) groups excluding carboxylic acids is 3. The number of rotatable bonds is 1. The van der Waals surface area contributed by atoms with E-state index in [1.165, 1.54) is 0 Å². The van der Waals surface area contributed by atoms with Gasteiger partial charge in [-0.15, -0.1) is 0 Å². The summed E-state index contributed by atoms with van der Waals surface area (Å²) in [6.45, 7) is 0. The Balaban J connectivity index is 0.000000207. The van der Waals surface area contributed by atoms with Crippen LogP contribution in [0, 0.1) is 6.07 Å². The first-order chi connectivity index (χ1) is 16.5. The molecule has 3 N–H and O–H groups in total. The molecule has 0 bridgehead atoms. The summed E-state index contributed by atoms with van der Waals surface area (Å²) in [7, 11) is 0. The van der Waals surface area contributed by atoms with Crippen molar-refractivity contribution in [3.63, 3.8) is 0 Å². The van der Waals surface area contributed by atoms with Crippen molar-refractivity contribution >= 4 is 40.8 Å². The van der Waals surface area contributed by atoms with Gasteiger partial charge in [0.25, 0.3) is 17.7 Å². The molecule has 6 rings (SSSR count). The zero-order chi connectivity index (χ0) is 24.0. The number of aromatic nitrogens is 2. The summed E-state index contributed by atoms with van der Waals surface area (Å²) in [4.78, 5) is 41.3. The summed E-state index contributed by atoms with van der Waals surface area (Å²) in [6, 6.07) is 23.6. The summed E-state index contributed by atoms with van der Waals surface area (Å²) in [6.07, 6.45) is 6.51. The number of hydrogen-bond acceptors (Lipinski definition) is 6. The Labute approximate surface area is 234 Å². The predicted molar refractivity (Wildman–Crippen MR) is 128 cm³/mol. The quantitative estimate of drug-likeness (QED) is 0.159. The van der Waals surface area contributed by atoms with Gasteiger partial charge >= 0.3 is 23.1 Å². The van der Waals surface area contributed by atoms with Crippen LogP contribution in [0.5, 0.6) is 0 Å². The van der Waals surface area contributed by atoms with Gasteiger partial charge in [0.05, 0.1) is 11.1 Å². The molecule has 1 atom stereocenters. The van der Waals surface area contributed by atoms with E-state index in [4.69, 9.17) is 0 Å². The maximum absolute atomic E-state index is 11.8. The van der Waals surface area contributed by atoms with E-state index in [1.807, 2.05) is 12.1 Å². The van der Waals surface area contributed by atoms with Crippen LogP contribution in [0.1, 0.15) is 42.2 Å². The van der Waals surface area contributed by atoms with Gasteiger partial charge in [-0.1, -0.05) is 48.8 Å². The molecule has 0 spiro atoms. The van der Waals surface area contributed by atoms with Crippen LogP contribution in [-0.2, 0) is 5.72 Å². The SMILES string of the molecule is O=C1NC(=O)c2ccccc21.O=C1NC(O)(c2cccnc2)c2ccccc21.[Br-].[Mg+2].[c-]1cccnc1. The van der Waals surface area contributed by atoms with E-state index in [-0.39, 0.29) is 57.8 Å². The van der Waals surface area contributed by atoms with Gasteiger partial charge in [-0.25, -0.2) is 12.1 Å². The summed E-state index contributed by atoms with van der Waals surface area (Å²) < 4.78 is 0. The second-order valence-corrected chi connectivity index (χ2v) is 7.23. The zero-order valence-corrected chi connectivity index (χ0v) is 21.9. The second-order valence-electron chi connectivity index (χ2n) is 7.23. The van der Waals surface area contributed by atoms with Crippen molar-refractivity contribution in [1.29, 1.82) is 0 Å². The first-order valence-electron chi connectivity index (χ1n) is 10.3. The molecule has 2 aliphatic rings. The number of benzene rings is 2. The summed E-state index contributed by atoms with van der Waals surface area (Å²) >= 11 is 0. The number of aliphatic hydroxyl groups is 1. The molecular weight excluding hydrogens is 537 g/mol. The maximum atomic E-state index is 11.8. The third-order valence-corrected chi connectivity index (χ3v) is 5.09. The molecule has 36 heavy (non-hydrogen) atoms. The van der Waals surface area contributed by atoms with Gasteiger partial charge in [-0.05, 0) is 24.3 Å². The molecule has 10 heteroatoms. The van der Waals surface area contributed by atoms with Gasteiger partial charge in [0.2, 0.25) is 0 Å². The van der Waals surface area contributed by atoms with Crippen molar-refractivity contribution in [2.24, 2.45) is 0 Å². The van der Waals surface area contributed by atoms with Crippen molar-refractivity contribution in [2.45, 2.75) is 5.72 Å². The Bertz CT molecular complexity index is 1280. The molecule has 1 unspecified atom stereocenters. The van der Waals surface area contributed by atoms with Crippen molar-refractivity contribution in [2.75, 3.05) is 0 Å². The van der Waals surface area contributed by atoms with Crippen LogP contribution < -0.4 is 27.6 Å². The molecule has 176 valence electrons. The first-order valence-corrected chi connectivity index (χ1v) is 10.3. The van der Waals surface area contributed by atoms with Crippen LogP contribution in [0.2, 0.25) is 0 Å². The standard InChI is InChI=1S/C13H10N2O2.C8H5NO2.C5H4N.BrH.Mg/c16-12-10-5-1-2-6-11(10)13(17,15-12)9-4-3-7-14-8-9;10-7-5-3-1-2-4-6(5)8(11)9-7;1-2-4-6-5-3-1;;/h1-8,17H,(H,15,16);1-4H,(H,9,10,11);1-2,4-5H;1H;/q;;-1;;+2/p-1. The fraction of sp³-hybridized carbons (Fsp3) is 0.0385. The van der Waals surface area contributed by atoms with E-state index in [1.54, 1.807) is 85.5 Å². The van der Waals surface area contributed by atoms with Gasteiger partial charge in [-0.2, -0.15) is 6.07 Å². The Kier molecular flexibility index (Phi) is 10.4. The van der Waals surface area contributed by atoms with Crippen LogP contribution in [0.3, 0.4) is 0 Å². The monoisotopic (exact) mass is 554 g/mol. The van der Waals surface area contributed by atoms with Gasteiger partial charge in [0, 0.05) is 29.1 Å². The van der Waals surface area contributed by atoms with Crippen LogP contribution in [-0.4, -0.2) is 55.8 Å². The number of imide groups is 1. The third-order valence-electron chi connectivity index (χ3n) is 5.09. The van der Waals surface area contributed by atoms with Crippen LogP contribution >= 0.6 is 0 Å². The van der Waals surface area contributed by atoms with Gasteiger partial charge < -0.3 is 32.4 Å². The van der Waals surface area contributed by atoms with Crippen LogP contribution in [0.15, 0.2) is 97.6 Å². The Morgan fingerprint density at radius 2 is 1.36 bits per heavy atom. The van der Waals surface area contributed by atoms with Crippen molar-refractivity contribution < 1.29 is 36.5 Å². The van der Waals surface area contributed by atoms with Crippen molar-refractivity contribution in [3.05, 3.63) is 131 Å². The van der Waals surface area contributed by atoms with E-state index in [9.17, 15) is 19.5 Å². The van der Waals surface area contributed by atoms with E-state index in [0.29, 0.717) is 27.8 Å². The van der Waals surface area contributed by atoms with E-state index in [0.717, 1.165) is 0 Å². The number of carbonyl (C=O) groups is 3. The normalized spacial score (nSPS) is 16.2. The average molecular weight is 556 g/mol. The molecule has 8 nitrogen and oxygen atoms in total. The zero-order valence-electron chi connectivity index (χ0n) is 18.9. The number of halogens is 1. The molecule has 2 aliphatic heterocycles. The summed E-state index contributed by atoms with van der Waals surface area (Å²) in [5.41, 5.74) is 1.09. The molecule has 0 saturated carbocycles. The van der Waals surface area contributed by atoms with E-state index in [2.05, 4.69) is 26.7 Å². The predicted octanol–water partition coefficient (Wildman–Crippen LogP) is -0.906. The molecule has 2 aromatic carbocycles. The molecule has 0 radical (unpaired) electrons. The number of fused-ring (bicyclic) bond motifs is 2. The molecule has 4 heterocycles. The third kappa shape index (κ3) is 6.21. The Morgan fingerprint density at radius 3 is 1.86 bits per heavy atom. The number of nitrogens with zero attached hydrogens (tertiary/aromatic N) is 2. The van der Waals surface area contributed by atoms with Gasteiger partial charge in [-0.3, -0.25) is 24.7 Å². The molecule has 3 amide bonds. The number of nitrogens with one attached hydrogen (secondary N) is 2. The maximum Gasteiger partial charge on any atom is 2.00 e. The molecule has 2 aromatic heterocycles. The van der Waals surface area contributed by atoms with E-state index >= 15 is 0 Å². The van der Waals surface area contributed by atoms with Crippen LogP contribution in [0.25, 0.3) is 0 Å². The van der Waals surface area contributed by atoms with E-state index < -0.39 is 5.72 Å². The first kappa shape index (κ1) is 28.8. The number of amides is 3. The Morgan fingerprint density at radius 1 is 0.750 bits per heavy atom. The fourth-order valence-corrected chi connectivity index (χ4v) is 3.49. The minimum absolute atomic E-state index is 0. The largest absolute Gasteiger partial charge is 2.00 e. The smallest absolute Gasteiger partial charge is 1.00 e. The minimum atomic E-state index is -1.47. The van der Waals surface area contributed by atoms with Crippen LogP contribution in [0.4, 0.5) is 0 Å².